The molecule has 3 heterocycles. The average Bonchev–Trinajstić information content (AvgIpc) is 3.29. The Morgan fingerprint density at radius 2 is 1.63 bits per heavy atom. The van der Waals surface area contributed by atoms with Crippen LogP contribution < -0.4 is 4.90 Å². The number of nitrogens with zero attached hydrogens (tertiary/aromatic N) is 5. The van der Waals surface area contributed by atoms with Crippen LogP contribution in [0.2, 0.25) is 0 Å². The van der Waals surface area contributed by atoms with Crippen molar-refractivity contribution in [2.45, 2.75) is 33.1 Å². The SMILES string of the molecule is Cc1ccccc1N1CCN(C(=O)c2cc(-c3ccccc3F)nc3cc(C(C)(C)C)nn23)CC1. The summed E-state index contributed by atoms with van der Waals surface area (Å²) in [4.78, 5) is 22.6. The van der Waals surface area contributed by atoms with Crippen molar-refractivity contribution in [1.29, 1.82) is 0 Å². The molecule has 0 radical (unpaired) electrons. The molecule has 0 bridgehead atoms. The molecule has 35 heavy (non-hydrogen) atoms. The second-order valence-corrected chi connectivity index (χ2v) is 10.1. The Hall–Kier alpha value is -3.74. The van der Waals surface area contributed by atoms with Crippen LogP contribution in [0.3, 0.4) is 0 Å². The van der Waals surface area contributed by atoms with Gasteiger partial charge in [-0.1, -0.05) is 51.1 Å². The second-order valence-electron chi connectivity index (χ2n) is 10.1. The zero-order valence-corrected chi connectivity index (χ0v) is 20.6. The van der Waals surface area contributed by atoms with E-state index in [9.17, 15) is 9.18 Å². The number of anilines is 1. The summed E-state index contributed by atoms with van der Waals surface area (Å²) >= 11 is 0. The number of rotatable bonds is 3. The molecule has 1 fully saturated rings. The second kappa shape index (κ2) is 8.80. The first-order valence-corrected chi connectivity index (χ1v) is 12.0. The van der Waals surface area contributed by atoms with Gasteiger partial charge < -0.3 is 9.80 Å². The van der Waals surface area contributed by atoms with Gasteiger partial charge in [-0.3, -0.25) is 4.79 Å². The molecule has 4 aromatic rings. The predicted molar refractivity (Wildman–Crippen MR) is 136 cm³/mol. The molecular formula is C28H30FN5O. The van der Waals surface area contributed by atoms with Gasteiger partial charge in [0.25, 0.3) is 5.91 Å². The Balaban J connectivity index is 1.51. The number of hydrogen-bond acceptors (Lipinski definition) is 4. The van der Waals surface area contributed by atoms with Gasteiger partial charge in [0.1, 0.15) is 11.5 Å². The van der Waals surface area contributed by atoms with Gasteiger partial charge in [-0.05, 0) is 36.8 Å². The molecule has 0 aliphatic carbocycles. The molecule has 5 rings (SSSR count). The van der Waals surface area contributed by atoms with E-state index in [4.69, 9.17) is 5.10 Å². The largest absolute Gasteiger partial charge is 0.368 e. The number of amides is 1. The lowest BCUT2D eigenvalue weighted by molar-refractivity contribution is 0.0737. The number of piperazine rings is 1. The fraction of sp³-hybridized carbons (Fsp3) is 0.321. The third kappa shape index (κ3) is 4.38. The molecule has 2 aromatic heterocycles. The first-order valence-electron chi connectivity index (χ1n) is 12.0. The van der Waals surface area contributed by atoms with E-state index in [1.807, 2.05) is 23.1 Å². The molecule has 0 atom stereocenters. The molecule has 1 saturated heterocycles. The molecule has 6 nitrogen and oxygen atoms in total. The Bertz CT molecular complexity index is 1400. The molecule has 0 spiro atoms. The summed E-state index contributed by atoms with van der Waals surface area (Å²) in [5.74, 6) is -0.492. The van der Waals surface area contributed by atoms with Gasteiger partial charge in [0.15, 0.2) is 5.65 Å². The first-order chi connectivity index (χ1) is 16.7. The number of benzene rings is 2. The summed E-state index contributed by atoms with van der Waals surface area (Å²) < 4.78 is 16.2. The van der Waals surface area contributed by atoms with Crippen molar-refractivity contribution in [2.24, 2.45) is 0 Å². The topological polar surface area (TPSA) is 53.7 Å². The third-order valence-corrected chi connectivity index (χ3v) is 6.59. The molecule has 180 valence electrons. The Labute approximate surface area is 205 Å². The van der Waals surface area contributed by atoms with Crippen molar-refractivity contribution in [3.05, 3.63) is 83.4 Å². The van der Waals surface area contributed by atoms with Gasteiger partial charge >= 0.3 is 0 Å². The highest BCUT2D eigenvalue weighted by Crippen LogP contribution is 2.27. The van der Waals surface area contributed by atoms with E-state index in [2.05, 4.69) is 49.7 Å². The highest BCUT2D eigenvalue weighted by Gasteiger charge is 2.27. The number of para-hydroxylation sites is 1. The zero-order valence-electron chi connectivity index (χ0n) is 20.6. The van der Waals surface area contributed by atoms with E-state index < -0.39 is 0 Å². The van der Waals surface area contributed by atoms with Gasteiger partial charge in [-0.15, -0.1) is 0 Å². The summed E-state index contributed by atoms with van der Waals surface area (Å²) in [6.45, 7) is 11.0. The summed E-state index contributed by atoms with van der Waals surface area (Å²) in [6, 6.07) is 18.4. The molecule has 0 unspecified atom stereocenters. The lowest BCUT2D eigenvalue weighted by Gasteiger charge is -2.36. The fourth-order valence-corrected chi connectivity index (χ4v) is 4.53. The van der Waals surface area contributed by atoms with Crippen LogP contribution in [-0.2, 0) is 5.41 Å². The molecule has 1 aliphatic heterocycles. The molecule has 1 amide bonds. The highest BCUT2D eigenvalue weighted by atomic mass is 19.1. The number of carbonyl (C=O) groups is 1. The molecular weight excluding hydrogens is 441 g/mol. The quantitative estimate of drug-likeness (QED) is 0.417. The van der Waals surface area contributed by atoms with Crippen molar-refractivity contribution >= 4 is 17.2 Å². The van der Waals surface area contributed by atoms with Gasteiger partial charge in [0, 0.05) is 48.9 Å². The van der Waals surface area contributed by atoms with Crippen molar-refractivity contribution in [3.63, 3.8) is 0 Å². The molecule has 7 heteroatoms. The van der Waals surface area contributed by atoms with E-state index >= 15 is 0 Å². The molecule has 1 aliphatic rings. The Kier molecular flexibility index (Phi) is 5.79. The Morgan fingerprint density at radius 3 is 2.31 bits per heavy atom. The zero-order chi connectivity index (χ0) is 24.7. The molecule has 0 saturated carbocycles. The maximum atomic E-state index is 14.6. The van der Waals surface area contributed by atoms with Crippen LogP contribution in [0.4, 0.5) is 10.1 Å². The van der Waals surface area contributed by atoms with E-state index in [0.717, 1.165) is 18.8 Å². The lowest BCUT2D eigenvalue weighted by atomic mass is 9.93. The fourth-order valence-electron chi connectivity index (χ4n) is 4.53. The van der Waals surface area contributed by atoms with Crippen molar-refractivity contribution in [3.8, 4) is 11.3 Å². The van der Waals surface area contributed by atoms with Crippen molar-refractivity contribution < 1.29 is 9.18 Å². The Morgan fingerprint density at radius 1 is 0.943 bits per heavy atom. The van der Waals surface area contributed by atoms with Gasteiger partial charge in [-0.25, -0.2) is 13.9 Å². The minimum Gasteiger partial charge on any atom is -0.368 e. The first kappa shape index (κ1) is 23.0. The monoisotopic (exact) mass is 471 g/mol. The summed E-state index contributed by atoms with van der Waals surface area (Å²) in [5.41, 5.74) is 4.77. The number of halogens is 1. The van der Waals surface area contributed by atoms with Crippen LogP contribution in [-0.4, -0.2) is 51.6 Å². The maximum Gasteiger partial charge on any atom is 0.272 e. The highest BCUT2D eigenvalue weighted by molar-refractivity contribution is 5.94. The summed E-state index contributed by atoms with van der Waals surface area (Å²) in [6.07, 6.45) is 0. The summed E-state index contributed by atoms with van der Waals surface area (Å²) in [7, 11) is 0. The van der Waals surface area contributed by atoms with E-state index in [0.29, 0.717) is 35.7 Å². The third-order valence-electron chi connectivity index (χ3n) is 6.59. The van der Waals surface area contributed by atoms with Crippen LogP contribution in [0.15, 0.2) is 60.7 Å². The number of carbonyl (C=O) groups excluding carboxylic acids is 1. The van der Waals surface area contributed by atoms with Crippen molar-refractivity contribution in [2.75, 3.05) is 31.1 Å². The average molecular weight is 472 g/mol. The number of aromatic nitrogens is 3. The summed E-state index contributed by atoms with van der Waals surface area (Å²) in [5, 5.41) is 4.73. The van der Waals surface area contributed by atoms with Crippen LogP contribution in [0.1, 0.15) is 42.5 Å². The minimum absolute atomic E-state index is 0.122. The normalized spacial score (nSPS) is 14.5. The van der Waals surface area contributed by atoms with Gasteiger partial charge in [-0.2, -0.15) is 5.10 Å². The van der Waals surface area contributed by atoms with Crippen LogP contribution >= 0.6 is 0 Å². The van der Waals surface area contributed by atoms with Crippen LogP contribution in [0.25, 0.3) is 16.9 Å². The minimum atomic E-state index is -0.370. The van der Waals surface area contributed by atoms with Gasteiger partial charge in [0.2, 0.25) is 0 Å². The molecule has 2 aromatic carbocycles. The van der Waals surface area contributed by atoms with Crippen LogP contribution in [0.5, 0.6) is 0 Å². The van der Waals surface area contributed by atoms with Crippen LogP contribution in [0, 0.1) is 12.7 Å². The van der Waals surface area contributed by atoms with E-state index in [1.54, 1.807) is 28.8 Å². The standard InChI is InChI=1S/C28H30FN5O/c1-19-9-5-8-12-23(19)32-13-15-33(16-14-32)27(35)24-17-22(20-10-6-7-11-21(20)29)30-26-18-25(28(2,3)4)31-34(24)26/h5-12,17-18H,13-16H2,1-4H3. The van der Waals surface area contributed by atoms with E-state index in [-0.39, 0.29) is 17.1 Å². The number of hydrogen-bond donors (Lipinski definition) is 0. The van der Waals surface area contributed by atoms with E-state index in [1.165, 1.54) is 17.3 Å². The smallest absolute Gasteiger partial charge is 0.272 e. The predicted octanol–water partition coefficient (Wildman–Crippen LogP) is 5.10. The molecule has 0 N–H and O–H groups in total. The van der Waals surface area contributed by atoms with Gasteiger partial charge in [0.05, 0.1) is 11.4 Å². The number of fused-ring (bicyclic) bond motifs is 1. The maximum absolute atomic E-state index is 14.6. The van der Waals surface area contributed by atoms with Crippen molar-refractivity contribution in [1.82, 2.24) is 19.5 Å². The lowest BCUT2D eigenvalue weighted by Crippen LogP contribution is -2.49. The number of aryl methyl sites for hydroxylation is 1.